The van der Waals surface area contributed by atoms with Crippen molar-refractivity contribution in [2.45, 2.75) is 64.5 Å². The van der Waals surface area contributed by atoms with Gasteiger partial charge in [0.1, 0.15) is 0 Å². The summed E-state index contributed by atoms with van der Waals surface area (Å²) in [6, 6.07) is 22.5. The van der Waals surface area contributed by atoms with E-state index in [1.54, 1.807) is 0 Å². The van der Waals surface area contributed by atoms with Gasteiger partial charge in [-0.15, -0.1) is 4.99 Å². The van der Waals surface area contributed by atoms with Crippen molar-refractivity contribution in [3.05, 3.63) is 71.8 Å². The van der Waals surface area contributed by atoms with Crippen LogP contribution < -0.4 is 0 Å². The molecule has 2 aromatic carbocycles. The lowest BCUT2D eigenvalue weighted by Crippen LogP contribution is -2.52. The summed E-state index contributed by atoms with van der Waals surface area (Å²) in [6.07, 6.45) is 9.41. The van der Waals surface area contributed by atoms with Crippen molar-refractivity contribution >= 4 is 5.96 Å². The maximum atomic E-state index is 9.84. The fourth-order valence-corrected chi connectivity index (χ4v) is 5.80. The van der Waals surface area contributed by atoms with Crippen LogP contribution in [-0.2, 0) is 12.8 Å². The fraction of sp³-hybridized carbons (Fsp3) is 0.533. The third-order valence-corrected chi connectivity index (χ3v) is 8.39. The largest absolute Gasteiger partial charge is 0.338 e. The minimum absolute atomic E-state index is 0.340. The highest BCUT2D eigenvalue weighted by Gasteiger charge is 2.45. The predicted octanol–water partition coefficient (Wildman–Crippen LogP) is 5.76. The monoisotopic (exact) mass is 454 g/mol. The molecule has 2 saturated carbocycles. The topological polar surface area (TPSA) is 42.6 Å². The van der Waals surface area contributed by atoms with Gasteiger partial charge in [0.2, 0.25) is 12.2 Å². The average Bonchev–Trinajstić information content (AvgIpc) is 3.79. The molecule has 4 nitrogen and oxygen atoms in total. The number of hydrogen-bond donors (Lipinski definition) is 0. The zero-order valence-electron chi connectivity index (χ0n) is 20.7. The molecule has 3 fully saturated rings. The molecule has 1 aliphatic heterocycles. The smallest absolute Gasteiger partial charge is 0.213 e. The number of benzene rings is 2. The Balaban J connectivity index is 1.56. The summed E-state index contributed by atoms with van der Waals surface area (Å²) in [7, 11) is 0. The van der Waals surface area contributed by atoms with Crippen molar-refractivity contribution in [3.63, 3.8) is 0 Å². The van der Waals surface area contributed by atoms with Crippen LogP contribution in [0.2, 0.25) is 0 Å². The minimum Gasteiger partial charge on any atom is -0.338 e. The molecule has 34 heavy (non-hydrogen) atoms. The van der Waals surface area contributed by atoms with E-state index in [0.717, 1.165) is 43.7 Å². The molecule has 4 atom stereocenters. The van der Waals surface area contributed by atoms with Gasteiger partial charge in [-0.25, -0.2) is 0 Å². The molecule has 0 amide bonds. The Morgan fingerprint density at radius 2 is 1.15 bits per heavy atom. The van der Waals surface area contributed by atoms with Crippen LogP contribution >= 0.6 is 0 Å². The number of rotatable bonds is 8. The molecule has 1 saturated heterocycles. The Morgan fingerprint density at radius 3 is 1.50 bits per heavy atom. The van der Waals surface area contributed by atoms with Crippen LogP contribution in [0, 0.1) is 35.1 Å². The normalized spacial score (nSPS) is 27.3. The SMILES string of the molecule is C[C@@H]1[C@@H](C)[C@@H](Cc2ccccc2)N(CC2CC2)C(=NC#N)N(CC2CC2)[C@@H]1Cc1ccccc1. The molecule has 178 valence electrons. The number of guanidine groups is 1. The predicted molar refractivity (Wildman–Crippen MR) is 138 cm³/mol. The first kappa shape index (κ1) is 23.0. The van der Waals surface area contributed by atoms with Gasteiger partial charge in [-0.3, -0.25) is 0 Å². The van der Waals surface area contributed by atoms with Gasteiger partial charge < -0.3 is 9.80 Å². The van der Waals surface area contributed by atoms with E-state index < -0.39 is 0 Å². The van der Waals surface area contributed by atoms with Gasteiger partial charge in [0.15, 0.2) is 0 Å². The molecule has 1 heterocycles. The third kappa shape index (κ3) is 5.30. The fourth-order valence-electron chi connectivity index (χ4n) is 5.80. The Labute approximate surface area is 205 Å². The van der Waals surface area contributed by atoms with E-state index in [1.165, 1.54) is 36.8 Å². The van der Waals surface area contributed by atoms with Gasteiger partial charge in [0.25, 0.3) is 0 Å². The number of nitriles is 1. The van der Waals surface area contributed by atoms with E-state index >= 15 is 0 Å². The van der Waals surface area contributed by atoms with Crippen molar-refractivity contribution in [1.82, 2.24) is 9.80 Å². The summed E-state index contributed by atoms with van der Waals surface area (Å²) >= 11 is 0. The molecule has 0 radical (unpaired) electrons. The van der Waals surface area contributed by atoms with Crippen molar-refractivity contribution < 1.29 is 0 Å². The zero-order chi connectivity index (χ0) is 23.5. The van der Waals surface area contributed by atoms with Gasteiger partial charge >= 0.3 is 0 Å². The highest BCUT2D eigenvalue weighted by molar-refractivity contribution is 5.82. The lowest BCUT2D eigenvalue weighted by Gasteiger charge is -2.39. The molecule has 0 aromatic heterocycles. The van der Waals surface area contributed by atoms with Crippen LogP contribution in [0.1, 0.15) is 50.7 Å². The zero-order valence-corrected chi connectivity index (χ0v) is 20.7. The van der Waals surface area contributed by atoms with Crippen molar-refractivity contribution in [2.75, 3.05) is 13.1 Å². The van der Waals surface area contributed by atoms with E-state index in [4.69, 9.17) is 0 Å². The quantitative estimate of drug-likeness (QED) is 0.477. The molecule has 0 unspecified atom stereocenters. The Kier molecular flexibility index (Phi) is 6.90. The molecular formula is C30H38N4. The van der Waals surface area contributed by atoms with Crippen LogP contribution in [0.3, 0.4) is 0 Å². The molecular weight excluding hydrogens is 416 g/mol. The summed E-state index contributed by atoms with van der Waals surface area (Å²) in [4.78, 5) is 9.71. The molecule has 2 aromatic rings. The lowest BCUT2D eigenvalue weighted by atomic mass is 9.79. The maximum Gasteiger partial charge on any atom is 0.213 e. The summed E-state index contributed by atoms with van der Waals surface area (Å²) in [5.41, 5.74) is 2.75. The molecule has 5 rings (SSSR count). The van der Waals surface area contributed by atoms with E-state index in [0.29, 0.717) is 23.9 Å². The van der Waals surface area contributed by atoms with Crippen molar-refractivity contribution in [3.8, 4) is 6.19 Å². The molecule has 2 aliphatic carbocycles. The Bertz CT molecular complexity index is 930. The van der Waals surface area contributed by atoms with Gasteiger partial charge in [-0.05, 0) is 73.3 Å². The Morgan fingerprint density at radius 1 is 0.735 bits per heavy atom. The van der Waals surface area contributed by atoms with Gasteiger partial charge in [-0.1, -0.05) is 74.5 Å². The second-order valence-corrected chi connectivity index (χ2v) is 10.9. The van der Waals surface area contributed by atoms with E-state index in [2.05, 4.69) is 95.5 Å². The average molecular weight is 455 g/mol. The van der Waals surface area contributed by atoms with Crippen LogP contribution in [0.4, 0.5) is 0 Å². The summed E-state index contributed by atoms with van der Waals surface area (Å²) in [6.45, 7) is 6.93. The molecule has 0 bridgehead atoms. The van der Waals surface area contributed by atoms with Gasteiger partial charge in [0, 0.05) is 25.2 Å². The van der Waals surface area contributed by atoms with Crippen LogP contribution in [0.5, 0.6) is 0 Å². The second-order valence-electron chi connectivity index (χ2n) is 10.9. The van der Waals surface area contributed by atoms with E-state index in [9.17, 15) is 5.26 Å². The standard InChI is InChI=1S/C30H38N4/c1-22-23(2)29(18-25-11-7-4-8-12-25)34(20-27-15-16-27)30(32-21-31)33(19-26-13-14-26)28(22)17-24-9-5-3-6-10-24/h3-12,22-23,26-29H,13-20H2,1-2H3/t22-,23-,28-,29-/m1/s1. The van der Waals surface area contributed by atoms with Crippen LogP contribution in [0.25, 0.3) is 0 Å². The molecule has 3 aliphatic rings. The summed E-state index contributed by atoms with van der Waals surface area (Å²) in [5.74, 6) is 3.39. The molecule has 0 N–H and O–H groups in total. The summed E-state index contributed by atoms with van der Waals surface area (Å²) < 4.78 is 0. The Hall–Kier alpha value is -2.80. The third-order valence-electron chi connectivity index (χ3n) is 8.39. The number of hydrogen-bond acceptors (Lipinski definition) is 2. The van der Waals surface area contributed by atoms with Crippen molar-refractivity contribution in [2.24, 2.45) is 28.7 Å². The molecule has 0 spiro atoms. The first-order chi connectivity index (χ1) is 16.6. The first-order valence-electron chi connectivity index (χ1n) is 13.2. The maximum absolute atomic E-state index is 9.84. The van der Waals surface area contributed by atoms with Crippen molar-refractivity contribution in [1.29, 1.82) is 5.26 Å². The minimum atomic E-state index is 0.340. The summed E-state index contributed by atoms with van der Waals surface area (Å²) in [5, 5.41) is 9.84. The van der Waals surface area contributed by atoms with Gasteiger partial charge in [0.05, 0.1) is 0 Å². The lowest BCUT2D eigenvalue weighted by molar-refractivity contribution is 0.170. The highest BCUT2D eigenvalue weighted by atomic mass is 15.4. The van der Waals surface area contributed by atoms with E-state index in [1.807, 2.05) is 0 Å². The van der Waals surface area contributed by atoms with Gasteiger partial charge in [-0.2, -0.15) is 5.26 Å². The van der Waals surface area contributed by atoms with E-state index in [-0.39, 0.29) is 0 Å². The second kappa shape index (κ2) is 10.2. The molecule has 4 heteroatoms. The number of nitrogens with zero attached hydrogens (tertiary/aromatic N) is 4. The van der Waals surface area contributed by atoms with Crippen LogP contribution in [0.15, 0.2) is 65.7 Å². The van der Waals surface area contributed by atoms with Crippen LogP contribution in [-0.4, -0.2) is 40.9 Å². The first-order valence-corrected chi connectivity index (χ1v) is 13.2. The number of aliphatic imine (C=N–C) groups is 1. The highest BCUT2D eigenvalue weighted by Crippen LogP contribution is 2.40.